The highest BCUT2D eigenvalue weighted by Crippen LogP contribution is 2.27. The minimum absolute atomic E-state index is 0.126. The first kappa shape index (κ1) is 22.3. The van der Waals surface area contributed by atoms with Crippen LogP contribution in [0.3, 0.4) is 0 Å². The Labute approximate surface area is 193 Å². The molecule has 3 aromatic carbocycles. The minimum atomic E-state index is -0.436. The molecule has 1 aliphatic heterocycles. The second kappa shape index (κ2) is 9.69. The second-order valence-electron chi connectivity index (χ2n) is 8.42. The number of hydrogen-bond acceptors (Lipinski definition) is 3. The molecule has 3 amide bonds. The molecule has 0 spiro atoms. The first-order valence-corrected chi connectivity index (χ1v) is 11.0. The minimum Gasteiger partial charge on any atom is -0.349 e. The van der Waals surface area contributed by atoms with Crippen molar-refractivity contribution in [3.05, 3.63) is 95.6 Å². The lowest BCUT2D eigenvalue weighted by atomic mass is 10.1. The summed E-state index contributed by atoms with van der Waals surface area (Å²) in [5, 5.41) is 5.88. The number of nitrogens with one attached hydrogen (secondary N) is 2. The Hall–Kier alpha value is -3.93. The van der Waals surface area contributed by atoms with Crippen LogP contribution >= 0.6 is 0 Å². The average Bonchev–Trinajstić information content (AvgIpc) is 3.23. The largest absolute Gasteiger partial charge is 0.349 e. The molecule has 6 nitrogen and oxygen atoms in total. The number of nitrogens with zero attached hydrogens (tertiary/aromatic N) is 1. The molecule has 6 heteroatoms. The number of carbonyl (C=O) groups is 3. The van der Waals surface area contributed by atoms with Crippen LogP contribution in [0.5, 0.6) is 0 Å². The highest BCUT2D eigenvalue weighted by molar-refractivity contribution is 6.06. The van der Waals surface area contributed by atoms with Crippen molar-refractivity contribution in [1.82, 2.24) is 5.32 Å². The predicted octanol–water partition coefficient (Wildman–Crippen LogP) is 4.48. The zero-order valence-electron chi connectivity index (χ0n) is 18.7. The van der Waals surface area contributed by atoms with Crippen LogP contribution < -0.4 is 15.5 Å². The number of hydrogen-bond donors (Lipinski definition) is 2. The van der Waals surface area contributed by atoms with E-state index in [1.807, 2.05) is 68.4 Å². The fourth-order valence-corrected chi connectivity index (χ4v) is 3.94. The monoisotopic (exact) mass is 441 g/mol. The van der Waals surface area contributed by atoms with Crippen molar-refractivity contribution in [3.8, 4) is 0 Å². The number of benzene rings is 3. The van der Waals surface area contributed by atoms with Gasteiger partial charge in [-0.1, -0.05) is 54.1 Å². The molecule has 1 fully saturated rings. The summed E-state index contributed by atoms with van der Waals surface area (Å²) in [5.74, 6) is -0.957. The predicted molar refractivity (Wildman–Crippen MR) is 129 cm³/mol. The van der Waals surface area contributed by atoms with E-state index in [4.69, 9.17) is 0 Å². The molecular weight excluding hydrogens is 414 g/mol. The lowest BCUT2D eigenvalue weighted by Gasteiger charge is -2.19. The van der Waals surface area contributed by atoms with Gasteiger partial charge in [-0.25, -0.2) is 0 Å². The summed E-state index contributed by atoms with van der Waals surface area (Å²) in [6, 6.07) is 24.1. The molecule has 33 heavy (non-hydrogen) atoms. The molecular formula is C27H27N3O3. The molecule has 0 aliphatic carbocycles. The molecule has 0 bridgehead atoms. The topological polar surface area (TPSA) is 78.5 Å². The molecule has 2 N–H and O–H groups in total. The van der Waals surface area contributed by atoms with E-state index in [0.717, 1.165) is 11.1 Å². The third-order valence-electron chi connectivity index (χ3n) is 5.88. The van der Waals surface area contributed by atoms with Gasteiger partial charge >= 0.3 is 0 Å². The summed E-state index contributed by atoms with van der Waals surface area (Å²) in [6.07, 6.45) is 0.146. The molecule has 1 saturated heterocycles. The maximum Gasteiger partial charge on any atom is 0.255 e. The molecule has 3 aromatic rings. The zero-order chi connectivity index (χ0) is 23.4. The van der Waals surface area contributed by atoms with Crippen LogP contribution in [0.15, 0.2) is 78.9 Å². The van der Waals surface area contributed by atoms with Crippen LogP contribution in [0.4, 0.5) is 11.4 Å². The zero-order valence-corrected chi connectivity index (χ0v) is 18.7. The van der Waals surface area contributed by atoms with Crippen LogP contribution in [0, 0.1) is 12.8 Å². The second-order valence-corrected chi connectivity index (χ2v) is 8.42. The molecule has 1 aliphatic rings. The molecule has 4 rings (SSSR count). The van der Waals surface area contributed by atoms with E-state index >= 15 is 0 Å². The molecule has 0 aromatic heterocycles. The fourth-order valence-electron chi connectivity index (χ4n) is 3.94. The first-order valence-electron chi connectivity index (χ1n) is 11.0. The van der Waals surface area contributed by atoms with Gasteiger partial charge in [0.05, 0.1) is 12.0 Å². The van der Waals surface area contributed by atoms with Crippen LogP contribution in [-0.2, 0) is 9.59 Å². The van der Waals surface area contributed by atoms with Gasteiger partial charge in [0.1, 0.15) is 0 Å². The highest BCUT2D eigenvalue weighted by atomic mass is 16.2. The number of aryl methyl sites for hydroxylation is 1. The third kappa shape index (κ3) is 5.29. The summed E-state index contributed by atoms with van der Waals surface area (Å²) in [7, 11) is 0. The standard InChI is InChI=1S/C27H27N3O3/c1-18-11-13-23(14-12-18)29-26(32)21-9-6-10-24(15-21)30-17-22(16-25(30)31)27(33)28-19(2)20-7-4-3-5-8-20/h3-15,19,22H,16-17H2,1-2H3,(H,28,33)(H,29,32)/t19-,22-/m0/s1. The Balaban J connectivity index is 1.42. The van der Waals surface area contributed by atoms with E-state index in [0.29, 0.717) is 16.9 Å². The van der Waals surface area contributed by atoms with Gasteiger partial charge in [-0.05, 0) is 49.7 Å². The summed E-state index contributed by atoms with van der Waals surface area (Å²) in [4.78, 5) is 39.8. The SMILES string of the molecule is Cc1ccc(NC(=O)c2cccc(N3C[C@@H](C(=O)N[C@@H](C)c4ccccc4)CC3=O)c2)cc1. The van der Waals surface area contributed by atoms with Crippen molar-refractivity contribution < 1.29 is 14.4 Å². The van der Waals surface area contributed by atoms with Crippen molar-refractivity contribution in [2.75, 3.05) is 16.8 Å². The van der Waals surface area contributed by atoms with Crippen LogP contribution in [0.1, 0.15) is 40.9 Å². The number of anilines is 2. The molecule has 0 unspecified atom stereocenters. The summed E-state index contributed by atoms with van der Waals surface area (Å²) in [5.41, 5.74) is 3.89. The van der Waals surface area contributed by atoms with Gasteiger partial charge in [0.25, 0.3) is 5.91 Å². The summed E-state index contributed by atoms with van der Waals surface area (Å²) < 4.78 is 0. The maximum absolute atomic E-state index is 12.8. The molecule has 168 valence electrons. The van der Waals surface area contributed by atoms with E-state index in [-0.39, 0.29) is 36.7 Å². The Morgan fingerprint density at radius 3 is 2.42 bits per heavy atom. The van der Waals surface area contributed by atoms with Gasteiger partial charge in [-0.15, -0.1) is 0 Å². The summed E-state index contributed by atoms with van der Waals surface area (Å²) >= 11 is 0. The van der Waals surface area contributed by atoms with Crippen molar-refractivity contribution in [3.63, 3.8) is 0 Å². The third-order valence-corrected chi connectivity index (χ3v) is 5.88. The van der Waals surface area contributed by atoms with E-state index in [2.05, 4.69) is 10.6 Å². The van der Waals surface area contributed by atoms with Gasteiger partial charge in [-0.3, -0.25) is 14.4 Å². The van der Waals surface area contributed by atoms with Gasteiger partial charge in [0.2, 0.25) is 11.8 Å². The fraction of sp³-hybridized carbons (Fsp3) is 0.222. The average molecular weight is 442 g/mol. The van der Waals surface area contributed by atoms with Crippen LogP contribution in [0.2, 0.25) is 0 Å². The van der Waals surface area contributed by atoms with Crippen molar-refractivity contribution in [2.24, 2.45) is 5.92 Å². The van der Waals surface area contributed by atoms with Crippen molar-refractivity contribution in [2.45, 2.75) is 26.3 Å². The summed E-state index contributed by atoms with van der Waals surface area (Å²) in [6.45, 7) is 4.20. The Bertz CT molecular complexity index is 1160. The smallest absolute Gasteiger partial charge is 0.255 e. The van der Waals surface area contributed by atoms with Crippen molar-refractivity contribution in [1.29, 1.82) is 0 Å². The number of carbonyl (C=O) groups excluding carboxylic acids is 3. The van der Waals surface area contributed by atoms with Gasteiger partial charge < -0.3 is 15.5 Å². The molecule has 0 radical (unpaired) electrons. The number of rotatable bonds is 6. The van der Waals surface area contributed by atoms with Gasteiger partial charge in [-0.2, -0.15) is 0 Å². The lowest BCUT2D eigenvalue weighted by Crippen LogP contribution is -2.34. The lowest BCUT2D eigenvalue weighted by molar-refractivity contribution is -0.126. The maximum atomic E-state index is 12.8. The van der Waals surface area contributed by atoms with Crippen molar-refractivity contribution >= 4 is 29.1 Å². The van der Waals surface area contributed by atoms with Gasteiger partial charge in [0, 0.05) is 29.9 Å². The Morgan fingerprint density at radius 1 is 0.970 bits per heavy atom. The van der Waals surface area contributed by atoms with E-state index in [1.165, 1.54) is 0 Å². The van der Waals surface area contributed by atoms with E-state index in [9.17, 15) is 14.4 Å². The highest BCUT2D eigenvalue weighted by Gasteiger charge is 2.35. The first-order chi connectivity index (χ1) is 15.9. The Morgan fingerprint density at radius 2 is 1.70 bits per heavy atom. The Kier molecular flexibility index (Phi) is 6.54. The number of amides is 3. The van der Waals surface area contributed by atoms with E-state index in [1.54, 1.807) is 29.2 Å². The molecule has 1 heterocycles. The van der Waals surface area contributed by atoms with Crippen LogP contribution in [0.25, 0.3) is 0 Å². The normalized spacial score (nSPS) is 16.4. The van der Waals surface area contributed by atoms with E-state index < -0.39 is 5.92 Å². The van der Waals surface area contributed by atoms with Gasteiger partial charge in [0.15, 0.2) is 0 Å². The molecule has 0 saturated carbocycles. The van der Waals surface area contributed by atoms with Crippen LogP contribution in [-0.4, -0.2) is 24.3 Å². The molecule has 2 atom stereocenters. The quantitative estimate of drug-likeness (QED) is 0.592.